The van der Waals surface area contributed by atoms with Crippen molar-refractivity contribution >= 4 is 11.9 Å². The Morgan fingerprint density at radius 2 is 1.62 bits per heavy atom. The van der Waals surface area contributed by atoms with Crippen LogP contribution in [0.2, 0.25) is 0 Å². The molecule has 1 heteroatoms. The third-order valence-corrected chi connectivity index (χ3v) is 1.53. The van der Waals surface area contributed by atoms with Gasteiger partial charge in [0.2, 0.25) is 0 Å². The van der Waals surface area contributed by atoms with Gasteiger partial charge in [0, 0.05) is 12.6 Å². The lowest BCUT2D eigenvalue weighted by molar-refractivity contribution is 1.41. The normalized spacial score (nSPS) is 10.5. The van der Waals surface area contributed by atoms with Gasteiger partial charge >= 0.3 is 0 Å². The van der Waals surface area contributed by atoms with Crippen molar-refractivity contribution in [3.8, 4) is 0 Å². The summed E-state index contributed by atoms with van der Waals surface area (Å²) in [5.41, 5.74) is 2.48. The summed E-state index contributed by atoms with van der Waals surface area (Å²) in [5, 5.41) is 0. The molecule has 2 rings (SSSR count). The third kappa shape index (κ3) is 3.41. The van der Waals surface area contributed by atoms with Crippen LogP contribution in [0.4, 0.5) is 5.69 Å². The van der Waals surface area contributed by atoms with Crippen LogP contribution in [0.25, 0.3) is 0 Å². The summed E-state index contributed by atoms with van der Waals surface area (Å²) >= 11 is 0. The zero-order valence-electron chi connectivity index (χ0n) is 9.04. The average Bonchev–Trinajstić information content (AvgIpc) is 2.71. The summed E-state index contributed by atoms with van der Waals surface area (Å²) in [6.45, 7) is 8.00. The molecule has 0 atom stereocenters. The lowest BCUT2D eigenvalue weighted by atomic mass is 10.2. The highest BCUT2D eigenvalue weighted by atomic mass is 14.7. The molecule has 0 amide bonds. The summed E-state index contributed by atoms with van der Waals surface area (Å²) in [6.07, 6.45) is 2.96. The van der Waals surface area contributed by atoms with Gasteiger partial charge in [-0.2, -0.15) is 0 Å². The summed E-state index contributed by atoms with van der Waals surface area (Å²) in [4.78, 5) is 4.17. The number of hydrogen-bond acceptors (Lipinski definition) is 1. The highest BCUT2D eigenvalue weighted by Crippen LogP contribution is 2.22. The Kier molecular flexibility index (Phi) is 6.89. The summed E-state index contributed by atoms with van der Waals surface area (Å²) in [5.74, 6) is 0. The molecule has 1 aromatic rings. The van der Waals surface area contributed by atoms with Crippen LogP contribution in [0.15, 0.2) is 29.3 Å². The van der Waals surface area contributed by atoms with Crippen molar-refractivity contribution in [3.63, 3.8) is 0 Å². The molecule has 0 aromatic heterocycles. The second kappa shape index (κ2) is 7.53. The van der Waals surface area contributed by atoms with Gasteiger partial charge in [-0.1, -0.05) is 45.9 Å². The molecule has 1 heterocycles. The minimum atomic E-state index is 1.01. The minimum Gasteiger partial charge on any atom is -0.261 e. The number of nitrogens with zero attached hydrogens (tertiary/aromatic N) is 1. The predicted octanol–water partition coefficient (Wildman–Crippen LogP) is 4.00. The van der Waals surface area contributed by atoms with Gasteiger partial charge in [-0.3, -0.25) is 4.99 Å². The van der Waals surface area contributed by atoms with Crippen molar-refractivity contribution in [1.82, 2.24) is 0 Å². The number of rotatable bonds is 0. The molecule has 1 aliphatic heterocycles. The highest BCUT2D eigenvalue weighted by molar-refractivity contribution is 5.75. The smallest absolute Gasteiger partial charge is 0.0661 e. The van der Waals surface area contributed by atoms with Crippen molar-refractivity contribution in [2.45, 2.75) is 34.1 Å². The summed E-state index contributed by atoms with van der Waals surface area (Å²) < 4.78 is 0. The molecule has 0 radical (unpaired) electrons. The van der Waals surface area contributed by atoms with Gasteiger partial charge in [-0.05, 0) is 11.6 Å². The zero-order chi connectivity index (χ0) is 10.1. The van der Waals surface area contributed by atoms with Crippen LogP contribution in [0.1, 0.15) is 33.3 Å². The first kappa shape index (κ1) is 11.9. The maximum absolute atomic E-state index is 4.17. The number of aliphatic imine (C=N–C) groups is 1. The van der Waals surface area contributed by atoms with Gasteiger partial charge in [0.25, 0.3) is 0 Å². The molecule has 13 heavy (non-hydrogen) atoms. The summed E-state index contributed by atoms with van der Waals surface area (Å²) in [6, 6.07) is 8.22. The molecule has 0 bridgehead atoms. The SMILES string of the molecule is C1=Nc2ccccc2C1.CC.CC. The second-order valence-corrected chi connectivity index (χ2v) is 2.14. The van der Waals surface area contributed by atoms with Gasteiger partial charge in [0.05, 0.1) is 5.69 Å². The molecular formula is C12H19N. The van der Waals surface area contributed by atoms with E-state index in [0.29, 0.717) is 0 Å². The molecule has 1 aliphatic rings. The monoisotopic (exact) mass is 177 g/mol. The first-order valence-electron chi connectivity index (χ1n) is 5.07. The van der Waals surface area contributed by atoms with E-state index in [9.17, 15) is 0 Å². The Hall–Kier alpha value is -1.11. The van der Waals surface area contributed by atoms with Crippen molar-refractivity contribution in [1.29, 1.82) is 0 Å². The van der Waals surface area contributed by atoms with Gasteiger partial charge in [-0.15, -0.1) is 0 Å². The van der Waals surface area contributed by atoms with Crippen LogP contribution < -0.4 is 0 Å². The summed E-state index contributed by atoms with van der Waals surface area (Å²) in [7, 11) is 0. The maximum Gasteiger partial charge on any atom is 0.0661 e. The topological polar surface area (TPSA) is 12.4 Å². The lowest BCUT2D eigenvalue weighted by Crippen LogP contribution is -1.75. The molecule has 72 valence electrons. The van der Waals surface area contributed by atoms with E-state index in [1.165, 1.54) is 5.56 Å². The average molecular weight is 177 g/mol. The Bertz CT molecular complexity index is 251. The van der Waals surface area contributed by atoms with Crippen LogP contribution in [-0.4, -0.2) is 6.21 Å². The van der Waals surface area contributed by atoms with Crippen LogP contribution >= 0.6 is 0 Å². The van der Waals surface area contributed by atoms with E-state index in [2.05, 4.69) is 11.1 Å². The fraction of sp³-hybridized carbons (Fsp3) is 0.417. The van der Waals surface area contributed by atoms with E-state index >= 15 is 0 Å². The molecular weight excluding hydrogens is 158 g/mol. The Morgan fingerprint density at radius 1 is 1.00 bits per heavy atom. The van der Waals surface area contributed by atoms with E-state index < -0.39 is 0 Å². The van der Waals surface area contributed by atoms with Gasteiger partial charge in [-0.25, -0.2) is 0 Å². The molecule has 1 nitrogen and oxygen atoms in total. The molecule has 1 aromatic carbocycles. The van der Waals surface area contributed by atoms with E-state index in [1.807, 2.05) is 52.1 Å². The number of fused-ring (bicyclic) bond motifs is 1. The first-order valence-corrected chi connectivity index (χ1v) is 5.07. The first-order chi connectivity index (χ1) is 6.47. The zero-order valence-corrected chi connectivity index (χ0v) is 9.04. The van der Waals surface area contributed by atoms with Crippen LogP contribution in [0, 0.1) is 0 Å². The fourth-order valence-electron chi connectivity index (χ4n) is 1.05. The number of para-hydroxylation sites is 1. The number of hydrogen-bond donors (Lipinski definition) is 0. The van der Waals surface area contributed by atoms with Gasteiger partial charge in [0.15, 0.2) is 0 Å². The molecule has 0 N–H and O–H groups in total. The molecule has 0 saturated carbocycles. The highest BCUT2D eigenvalue weighted by Gasteiger charge is 2.01. The van der Waals surface area contributed by atoms with E-state index in [1.54, 1.807) is 0 Å². The van der Waals surface area contributed by atoms with E-state index in [0.717, 1.165) is 12.1 Å². The minimum absolute atomic E-state index is 1.01. The second-order valence-electron chi connectivity index (χ2n) is 2.14. The van der Waals surface area contributed by atoms with Crippen molar-refractivity contribution in [2.24, 2.45) is 4.99 Å². The van der Waals surface area contributed by atoms with Crippen molar-refractivity contribution < 1.29 is 0 Å². The number of benzene rings is 1. The van der Waals surface area contributed by atoms with Crippen molar-refractivity contribution in [3.05, 3.63) is 29.8 Å². The standard InChI is InChI=1S/C8H7N.2C2H6/c1-2-4-8-7(3-1)5-6-9-8;2*1-2/h1-4,6H,5H2;2*1-2H3. The van der Waals surface area contributed by atoms with Crippen LogP contribution in [-0.2, 0) is 6.42 Å². The quantitative estimate of drug-likeness (QED) is 0.568. The van der Waals surface area contributed by atoms with Gasteiger partial charge < -0.3 is 0 Å². The van der Waals surface area contributed by atoms with E-state index in [4.69, 9.17) is 0 Å². The predicted molar refractivity (Wildman–Crippen MR) is 61.0 cm³/mol. The maximum atomic E-state index is 4.17. The molecule has 0 saturated heterocycles. The van der Waals surface area contributed by atoms with Gasteiger partial charge in [0.1, 0.15) is 0 Å². The molecule has 0 unspecified atom stereocenters. The van der Waals surface area contributed by atoms with Crippen LogP contribution in [0.5, 0.6) is 0 Å². The van der Waals surface area contributed by atoms with Crippen molar-refractivity contribution in [2.75, 3.05) is 0 Å². The van der Waals surface area contributed by atoms with E-state index in [-0.39, 0.29) is 0 Å². The third-order valence-electron chi connectivity index (χ3n) is 1.53. The molecule has 0 fully saturated rings. The molecule has 0 aliphatic carbocycles. The fourth-order valence-corrected chi connectivity index (χ4v) is 1.05. The Morgan fingerprint density at radius 3 is 2.23 bits per heavy atom. The van der Waals surface area contributed by atoms with Crippen LogP contribution in [0.3, 0.4) is 0 Å². The Balaban J connectivity index is 0.000000322. The lowest BCUT2D eigenvalue weighted by Gasteiger charge is -1.91. The Labute approximate surface area is 81.5 Å². The largest absolute Gasteiger partial charge is 0.261 e. The molecule has 0 spiro atoms.